The normalized spacial score (nSPS) is 15.6. The highest BCUT2D eigenvalue weighted by molar-refractivity contribution is 8.00. The summed E-state index contributed by atoms with van der Waals surface area (Å²) in [4.78, 5) is 13.1. The molecule has 1 aromatic rings. The van der Waals surface area contributed by atoms with Gasteiger partial charge in [0.1, 0.15) is 5.54 Å². The highest BCUT2D eigenvalue weighted by atomic mass is 32.2. The number of hydrogen-bond donors (Lipinski definition) is 5. The predicted molar refractivity (Wildman–Crippen MR) is 90.7 cm³/mol. The van der Waals surface area contributed by atoms with Crippen LogP contribution in [0.1, 0.15) is 25.7 Å². The maximum Gasteiger partial charge on any atom is 0.319 e. The molecule has 23 heavy (non-hydrogen) atoms. The number of nitrogens with one attached hydrogen (secondary N) is 2. The molecule has 0 bridgehead atoms. The smallest absolute Gasteiger partial charge is 0.319 e. The molecule has 2 rings (SSSR count). The first kappa shape index (κ1) is 18.1. The summed E-state index contributed by atoms with van der Waals surface area (Å²) in [7, 11) is 0. The van der Waals surface area contributed by atoms with Gasteiger partial charge in [-0.2, -0.15) is 0 Å². The molecular weight excluding hydrogens is 316 g/mol. The van der Waals surface area contributed by atoms with Crippen LogP contribution in [0.5, 0.6) is 0 Å². The molecule has 0 aromatic heterocycles. The number of aliphatic hydroxyl groups is 3. The first-order valence-corrected chi connectivity index (χ1v) is 8.67. The molecule has 0 spiro atoms. The van der Waals surface area contributed by atoms with Gasteiger partial charge >= 0.3 is 6.03 Å². The zero-order valence-corrected chi connectivity index (χ0v) is 13.8. The summed E-state index contributed by atoms with van der Waals surface area (Å²) in [5.41, 5.74) is -0.816. The van der Waals surface area contributed by atoms with Gasteiger partial charge in [0.15, 0.2) is 0 Å². The number of amides is 2. The second-order valence-corrected chi connectivity index (χ2v) is 7.26. The third-order valence-electron chi connectivity index (χ3n) is 4.00. The van der Waals surface area contributed by atoms with Gasteiger partial charge in [0.25, 0.3) is 0 Å². The van der Waals surface area contributed by atoms with Crippen LogP contribution in [-0.4, -0.2) is 52.0 Å². The summed E-state index contributed by atoms with van der Waals surface area (Å²) in [5.74, 6) is 0. The van der Waals surface area contributed by atoms with Crippen molar-refractivity contribution in [1.29, 1.82) is 0 Å². The minimum absolute atomic E-state index is 0.551. The average Bonchev–Trinajstić information content (AvgIpc) is 3.07. The van der Waals surface area contributed by atoms with Gasteiger partial charge in [0.05, 0.1) is 19.8 Å². The van der Waals surface area contributed by atoms with E-state index in [9.17, 15) is 20.1 Å². The first-order chi connectivity index (χ1) is 11.1. The van der Waals surface area contributed by atoms with Crippen LogP contribution in [0, 0.1) is 0 Å². The predicted octanol–water partition coefficient (Wildman–Crippen LogP) is 1.56. The molecule has 0 radical (unpaired) electrons. The summed E-state index contributed by atoms with van der Waals surface area (Å²) in [6.45, 7) is -1.65. The lowest BCUT2D eigenvalue weighted by atomic mass is 10.0. The van der Waals surface area contributed by atoms with E-state index in [1.54, 1.807) is 0 Å². The van der Waals surface area contributed by atoms with Crippen LogP contribution in [0.25, 0.3) is 0 Å². The van der Waals surface area contributed by atoms with Gasteiger partial charge in [-0.05, 0) is 37.1 Å². The Morgan fingerprint density at radius 1 is 1.09 bits per heavy atom. The van der Waals surface area contributed by atoms with Crippen molar-refractivity contribution in [2.45, 2.75) is 41.4 Å². The van der Waals surface area contributed by atoms with E-state index in [1.807, 2.05) is 36.0 Å². The van der Waals surface area contributed by atoms with Crippen molar-refractivity contribution in [1.82, 2.24) is 5.32 Å². The Hall–Kier alpha value is -1.28. The van der Waals surface area contributed by atoms with Crippen LogP contribution in [0.3, 0.4) is 0 Å². The van der Waals surface area contributed by atoms with Crippen molar-refractivity contribution >= 4 is 23.5 Å². The van der Waals surface area contributed by atoms with E-state index in [2.05, 4.69) is 10.6 Å². The van der Waals surface area contributed by atoms with Gasteiger partial charge in [-0.3, -0.25) is 0 Å². The molecule has 0 aliphatic heterocycles. The van der Waals surface area contributed by atoms with Crippen molar-refractivity contribution in [3.8, 4) is 0 Å². The van der Waals surface area contributed by atoms with Gasteiger partial charge in [-0.25, -0.2) is 4.79 Å². The number of thioether (sulfide) groups is 1. The fraction of sp³-hybridized carbons (Fsp3) is 0.562. The molecule has 0 atom stereocenters. The number of hydrogen-bond acceptors (Lipinski definition) is 5. The highest BCUT2D eigenvalue weighted by Gasteiger charge is 2.29. The lowest BCUT2D eigenvalue weighted by molar-refractivity contribution is 0.0507. The van der Waals surface area contributed by atoms with Crippen molar-refractivity contribution in [3.63, 3.8) is 0 Å². The van der Waals surface area contributed by atoms with Gasteiger partial charge in [0.2, 0.25) is 0 Å². The van der Waals surface area contributed by atoms with Gasteiger partial charge < -0.3 is 26.0 Å². The van der Waals surface area contributed by atoms with Gasteiger partial charge in [0, 0.05) is 15.8 Å². The summed E-state index contributed by atoms with van der Waals surface area (Å²) < 4.78 is 0. The first-order valence-electron chi connectivity index (χ1n) is 7.79. The van der Waals surface area contributed by atoms with Crippen LogP contribution < -0.4 is 10.6 Å². The maximum absolute atomic E-state index is 11.9. The van der Waals surface area contributed by atoms with Crippen LogP contribution in [0.15, 0.2) is 29.2 Å². The Morgan fingerprint density at radius 3 is 2.17 bits per heavy atom. The minimum atomic E-state index is -1.43. The quantitative estimate of drug-likeness (QED) is 0.518. The number of anilines is 1. The van der Waals surface area contributed by atoms with E-state index >= 15 is 0 Å². The number of carbonyl (C=O) groups excluding carboxylic acids is 1. The molecule has 0 unspecified atom stereocenters. The number of rotatable bonds is 7. The third kappa shape index (κ3) is 5.10. The van der Waals surface area contributed by atoms with Gasteiger partial charge in [-0.15, -0.1) is 11.8 Å². The van der Waals surface area contributed by atoms with Crippen LogP contribution in [0.4, 0.5) is 10.5 Å². The molecule has 1 saturated carbocycles. The topological polar surface area (TPSA) is 102 Å². The number of aliphatic hydroxyl groups excluding tert-OH is 3. The van der Waals surface area contributed by atoms with Crippen LogP contribution in [-0.2, 0) is 0 Å². The van der Waals surface area contributed by atoms with Crippen molar-refractivity contribution in [2.24, 2.45) is 0 Å². The second kappa shape index (κ2) is 8.54. The molecule has 0 heterocycles. The van der Waals surface area contributed by atoms with E-state index in [1.165, 1.54) is 30.6 Å². The lowest BCUT2D eigenvalue weighted by Crippen LogP contribution is -2.58. The molecule has 1 fully saturated rings. The molecule has 128 valence electrons. The third-order valence-corrected chi connectivity index (χ3v) is 5.35. The summed E-state index contributed by atoms with van der Waals surface area (Å²) in [6.07, 6.45) is 5.14. The SMILES string of the molecule is O=C(Nc1ccc(SC2CCCC2)cc1)NC(CO)(CO)CO. The number of carbonyl (C=O) groups is 1. The summed E-state index contributed by atoms with van der Waals surface area (Å²) >= 11 is 1.87. The highest BCUT2D eigenvalue weighted by Crippen LogP contribution is 2.34. The summed E-state index contributed by atoms with van der Waals surface area (Å²) in [5, 5.41) is 33.3. The maximum atomic E-state index is 11.9. The Balaban J connectivity index is 1.88. The molecule has 5 N–H and O–H groups in total. The fourth-order valence-electron chi connectivity index (χ4n) is 2.49. The fourth-order valence-corrected chi connectivity index (χ4v) is 3.73. The Kier molecular flexibility index (Phi) is 6.71. The largest absolute Gasteiger partial charge is 0.394 e. The molecule has 6 nitrogen and oxygen atoms in total. The molecule has 1 aliphatic carbocycles. The molecule has 7 heteroatoms. The number of urea groups is 1. The molecule has 1 aliphatic rings. The zero-order valence-electron chi connectivity index (χ0n) is 13.0. The van der Waals surface area contributed by atoms with Gasteiger partial charge in [-0.1, -0.05) is 12.8 Å². The van der Waals surface area contributed by atoms with Crippen molar-refractivity contribution in [3.05, 3.63) is 24.3 Å². The standard InChI is InChI=1S/C16H24N2O4S/c19-9-16(10-20,11-21)18-15(22)17-12-5-7-14(8-6-12)23-13-3-1-2-4-13/h5-8,13,19-21H,1-4,9-11H2,(H2,17,18,22). The Morgan fingerprint density at radius 2 is 1.65 bits per heavy atom. The molecule has 2 amide bonds. The monoisotopic (exact) mass is 340 g/mol. The summed E-state index contributed by atoms with van der Waals surface area (Å²) in [6, 6.07) is 6.98. The second-order valence-electron chi connectivity index (χ2n) is 5.88. The Bertz CT molecular complexity index is 491. The number of benzene rings is 1. The minimum Gasteiger partial charge on any atom is -0.394 e. The van der Waals surface area contributed by atoms with Crippen LogP contribution >= 0.6 is 11.8 Å². The molecular formula is C16H24N2O4S. The Labute approximate surface area is 140 Å². The molecule has 0 saturated heterocycles. The van der Waals surface area contributed by atoms with E-state index in [4.69, 9.17) is 0 Å². The molecule has 1 aromatic carbocycles. The van der Waals surface area contributed by atoms with Crippen LogP contribution in [0.2, 0.25) is 0 Å². The van der Waals surface area contributed by atoms with E-state index in [-0.39, 0.29) is 0 Å². The average molecular weight is 340 g/mol. The lowest BCUT2D eigenvalue weighted by Gasteiger charge is -2.28. The van der Waals surface area contributed by atoms with E-state index in [0.29, 0.717) is 10.9 Å². The van der Waals surface area contributed by atoms with E-state index < -0.39 is 31.4 Å². The van der Waals surface area contributed by atoms with Crippen molar-refractivity contribution in [2.75, 3.05) is 25.1 Å². The zero-order chi connectivity index (χ0) is 16.7. The van der Waals surface area contributed by atoms with E-state index in [0.717, 1.165) is 0 Å². The van der Waals surface area contributed by atoms with Crippen molar-refractivity contribution < 1.29 is 20.1 Å².